The Labute approximate surface area is 252 Å². The minimum Gasteiger partial charge on any atom is -0.497 e. The number of halogens is 1. The quantitative estimate of drug-likeness (QED) is 0.117. The molecule has 1 fully saturated rings. The largest absolute Gasteiger partial charge is 0.497 e. The Morgan fingerprint density at radius 3 is 2.35 bits per heavy atom. The molecular formula is C30H29IN2O6S. The number of esters is 1. The van der Waals surface area contributed by atoms with Crippen LogP contribution in [0.5, 0.6) is 17.2 Å². The number of nitrogens with zero attached hydrogens (tertiary/aromatic N) is 2. The normalized spacial score (nSPS) is 14.1. The number of rotatable bonds is 10. The van der Waals surface area contributed by atoms with Crippen molar-refractivity contribution in [2.75, 3.05) is 32.3 Å². The fraction of sp³-hybridized carbons (Fsp3) is 0.233. The summed E-state index contributed by atoms with van der Waals surface area (Å²) in [5, 5.41) is 0.171. The Bertz CT molecular complexity index is 1440. The third-order valence-electron chi connectivity index (χ3n) is 6.12. The van der Waals surface area contributed by atoms with E-state index >= 15 is 0 Å². The van der Waals surface area contributed by atoms with Crippen LogP contribution in [0.4, 0.5) is 5.69 Å². The van der Waals surface area contributed by atoms with E-state index < -0.39 is 5.97 Å². The number of carbonyl (C=O) groups is 2. The minimum absolute atomic E-state index is 0.171. The van der Waals surface area contributed by atoms with Crippen LogP contribution in [-0.2, 0) is 20.9 Å². The summed E-state index contributed by atoms with van der Waals surface area (Å²) >= 11 is 7.84. The molecule has 0 unspecified atom stereocenters. The summed E-state index contributed by atoms with van der Waals surface area (Å²) in [6.07, 6.45) is 1.69. The average molecular weight is 673 g/mol. The fourth-order valence-corrected chi connectivity index (χ4v) is 5.19. The lowest BCUT2D eigenvalue weighted by Gasteiger charge is -2.19. The summed E-state index contributed by atoms with van der Waals surface area (Å²) in [7, 11) is 2.86. The van der Waals surface area contributed by atoms with E-state index in [0.717, 1.165) is 9.13 Å². The zero-order chi connectivity index (χ0) is 28.8. The highest BCUT2D eigenvalue weighted by molar-refractivity contribution is 14.1. The van der Waals surface area contributed by atoms with Crippen molar-refractivity contribution in [3.05, 3.63) is 86.6 Å². The number of thiocarbonyl (C=S) groups is 1. The van der Waals surface area contributed by atoms with Crippen LogP contribution in [0.1, 0.15) is 23.6 Å². The number of ether oxygens (including phenoxy) is 4. The molecule has 1 saturated heterocycles. The number of aryl methyl sites for hydroxylation is 1. The zero-order valence-corrected chi connectivity index (χ0v) is 25.6. The number of methoxy groups -OCH3 is 2. The fourth-order valence-electron chi connectivity index (χ4n) is 4.06. The molecule has 8 nitrogen and oxygen atoms in total. The Balaban J connectivity index is 1.70. The summed E-state index contributed by atoms with van der Waals surface area (Å²) < 4.78 is 23.0. The van der Waals surface area contributed by atoms with E-state index in [9.17, 15) is 9.59 Å². The molecule has 1 aliphatic rings. The van der Waals surface area contributed by atoms with E-state index in [2.05, 4.69) is 22.6 Å². The van der Waals surface area contributed by atoms with Gasteiger partial charge >= 0.3 is 5.97 Å². The van der Waals surface area contributed by atoms with Crippen molar-refractivity contribution in [2.24, 2.45) is 0 Å². The van der Waals surface area contributed by atoms with E-state index in [-0.39, 0.29) is 23.3 Å². The molecule has 1 aliphatic heterocycles. The molecule has 0 atom stereocenters. The molecule has 0 saturated carbocycles. The first-order valence-electron chi connectivity index (χ1n) is 12.5. The van der Waals surface area contributed by atoms with Gasteiger partial charge in [-0.05, 0) is 102 Å². The van der Waals surface area contributed by atoms with Crippen molar-refractivity contribution >= 4 is 63.6 Å². The first kappa shape index (κ1) is 29.3. The van der Waals surface area contributed by atoms with Gasteiger partial charge in [-0.2, -0.15) is 0 Å². The summed E-state index contributed by atoms with van der Waals surface area (Å²) in [5.74, 6) is 0.914. The van der Waals surface area contributed by atoms with E-state index in [4.69, 9.17) is 31.2 Å². The molecule has 0 radical (unpaired) electrons. The lowest BCUT2D eigenvalue weighted by atomic mass is 10.1. The highest BCUT2D eigenvalue weighted by atomic mass is 127. The maximum atomic E-state index is 13.7. The molecule has 40 heavy (non-hydrogen) atoms. The minimum atomic E-state index is -0.526. The second-order valence-corrected chi connectivity index (χ2v) is 10.4. The van der Waals surface area contributed by atoms with Crippen molar-refractivity contribution in [2.45, 2.75) is 20.5 Å². The van der Waals surface area contributed by atoms with Crippen molar-refractivity contribution in [3.8, 4) is 17.2 Å². The van der Waals surface area contributed by atoms with Gasteiger partial charge in [0.1, 0.15) is 24.6 Å². The third-order valence-corrected chi connectivity index (χ3v) is 7.32. The van der Waals surface area contributed by atoms with Gasteiger partial charge in [-0.1, -0.05) is 29.8 Å². The van der Waals surface area contributed by atoms with Gasteiger partial charge in [0.2, 0.25) is 0 Å². The van der Waals surface area contributed by atoms with Crippen LogP contribution in [0.3, 0.4) is 0 Å². The monoisotopic (exact) mass is 672 g/mol. The molecular weight excluding hydrogens is 643 g/mol. The van der Waals surface area contributed by atoms with Crippen LogP contribution in [0.2, 0.25) is 0 Å². The van der Waals surface area contributed by atoms with Crippen molar-refractivity contribution in [3.63, 3.8) is 0 Å². The van der Waals surface area contributed by atoms with Gasteiger partial charge in [-0.15, -0.1) is 0 Å². The maximum Gasteiger partial charge on any atom is 0.325 e. The molecule has 0 N–H and O–H groups in total. The molecule has 3 aromatic rings. The Morgan fingerprint density at radius 1 is 1.02 bits per heavy atom. The van der Waals surface area contributed by atoms with Crippen LogP contribution < -0.4 is 19.1 Å². The molecule has 10 heteroatoms. The number of anilines is 1. The average Bonchev–Trinajstić information content (AvgIpc) is 3.17. The van der Waals surface area contributed by atoms with Gasteiger partial charge in [0, 0.05) is 0 Å². The van der Waals surface area contributed by atoms with E-state index in [1.807, 2.05) is 50.2 Å². The first-order valence-corrected chi connectivity index (χ1v) is 14.0. The number of carbonyl (C=O) groups excluding carboxylic acids is 2. The van der Waals surface area contributed by atoms with Gasteiger partial charge in [0.15, 0.2) is 16.6 Å². The van der Waals surface area contributed by atoms with E-state index in [1.165, 1.54) is 22.5 Å². The number of benzene rings is 3. The van der Waals surface area contributed by atoms with Crippen LogP contribution in [0, 0.1) is 10.5 Å². The smallest absolute Gasteiger partial charge is 0.325 e. The molecule has 1 amide bonds. The SMILES string of the molecule is CCOc1cc(/C=C2/C(=O)N(c3ccc(OC)cc3)C(=S)N2CC(=O)OC)cc(I)c1OCc1ccc(C)cc1. The van der Waals surface area contributed by atoms with Gasteiger partial charge in [0.25, 0.3) is 5.91 Å². The van der Waals surface area contributed by atoms with Gasteiger partial charge in [-0.25, -0.2) is 0 Å². The van der Waals surface area contributed by atoms with Crippen LogP contribution in [0.25, 0.3) is 6.08 Å². The predicted octanol–water partition coefficient (Wildman–Crippen LogP) is 5.73. The summed E-state index contributed by atoms with van der Waals surface area (Å²) in [5.41, 5.74) is 3.69. The van der Waals surface area contributed by atoms with Crippen molar-refractivity contribution < 1.29 is 28.5 Å². The van der Waals surface area contributed by atoms with Crippen molar-refractivity contribution in [1.29, 1.82) is 0 Å². The van der Waals surface area contributed by atoms with Crippen LogP contribution in [0.15, 0.2) is 66.4 Å². The van der Waals surface area contributed by atoms with Crippen LogP contribution >= 0.6 is 34.8 Å². The topological polar surface area (TPSA) is 77.5 Å². The van der Waals surface area contributed by atoms with Gasteiger partial charge in [-0.3, -0.25) is 14.5 Å². The lowest BCUT2D eigenvalue weighted by Crippen LogP contribution is -2.35. The highest BCUT2D eigenvalue weighted by Gasteiger charge is 2.40. The van der Waals surface area contributed by atoms with Crippen molar-refractivity contribution in [1.82, 2.24) is 4.90 Å². The summed E-state index contributed by atoms with van der Waals surface area (Å²) in [6, 6.07) is 18.8. The second-order valence-electron chi connectivity index (χ2n) is 8.85. The lowest BCUT2D eigenvalue weighted by molar-refractivity contribution is -0.140. The van der Waals surface area contributed by atoms with Gasteiger partial charge < -0.3 is 23.8 Å². The molecule has 0 spiro atoms. The summed E-state index contributed by atoms with van der Waals surface area (Å²) in [4.78, 5) is 28.8. The maximum absolute atomic E-state index is 13.7. The Kier molecular flexibility index (Phi) is 9.64. The van der Waals surface area contributed by atoms with E-state index in [1.54, 1.807) is 37.5 Å². The first-order chi connectivity index (χ1) is 19.2. The summed E-state index contributed by atoms with van der Waals surface area (Å²) in [6.45, 7) is 4.53. The molecule has 0 aromatic heterocycles. The third kappa shape index (κ3) is 6.56. The Hall–Kier alpha value is -3.64. The molecule has 4 rings (SSSR count). The molecule has 0 aliphatic carbocycles. The molecule has 1 heterocycles. The molecule has 0 bridgehead atoms. The molecule has 208 valence electrons. The highest BCUT2D eigenvalue weighted by Crippen LogP contribution is 2.37. The molecule has 3 aromatic carbocycles. The Morgan fingerprint density at radius 2 is 1.73 bits per heavy atom. The number of amides is 1. The second kappa shape index (κ2) is 13.1. The van der Waals surface area contributed by atoms with E-state index in [0.29, 0.717) is 41.7 Å². The number of hydrogen-bond acceptors (Lipinski definition) is 7. The van der Waals surface area contributed by atoms with Crippen LogP contribution in [-0.4, -0.2) is 49.3 Å². The zero-order valence-electron chi connectivity index (χ0n) is 22.6. The number of hydrogen-bond donors (Lipinski definition) is 0. The standard InChI is InChI=1S/C30H29IN2O6S/c1-5-38-26-16-21(14-24(31)28(26)39-18-20-8-6-19(2)7-9-20)15-25-29(35)33(22-10-12-23(36-3)13-11-22)30(40)32(25)17-27(34)37-4/h6-16H,5,17-18H2,1-4H3/b25-15-. The predicted molar refractivity (Wildman–Crippen MR) is 166 cm³/mol. The van der Waals surface area contributed by atoms with Gasteiger partial charge in [0.05, 0.1) is 30.1 Å².